The molecular weight excluding hydrogens is 316 g/mol. The molecule has 0 aliphatic heterocycles. The van der Waals surface area contributed by atoms with E-state index >= 15 is 0 Å². The molecule has 110 valence electrons. The van der Waals surface area contributed by atoms with Crippen LogP contribution in [0.25, 0.3) is 0 Å². The Bertz CT molecular complexity index is 517. The van der Waals surface area contributed by atoms with Crippen LogP contribution in [0.1, 0.15) is 56.5 Å². The Hall–Kier alpha value is -0.860. The molecule has 1 aliphatic rings. The molecule has 2 rings (SSSR count). The van der Waals surface area contributed by atoms with Crippen molar-refractivity contribution in [2.24, 2.45) is 0 Å². The van der Waals surface area contributed by atoms with E-state index < -0.39 is 0 Å². The van der Waals surface area contributed by atoms with Gasteiger partial charge in [-0.15, -0.1) is 0 Å². The van der Waals surface area contributed by atoms with Gasteiger partial charge in [0.1, 0.15) is 5.54 Å². The molecule has 0 spiro atoms. The molecule has 20 heavy (non-hydrogen) atoms. The van der Waals surface area contributed by atoms with E-state index in [1.807, 2.05) is 6.92 Å². The van der Waals surface area contributed by atoms with Crippen molar-refractivity contribution in [2.75, 3.05) is 6.54 Å². The quantitative estimate of drug-likeness (QED) is 0.911. The van der Waals surface area contributed by atoms with Gasteiger partial charge in [0, 0.05) is 6.42 Å². The lowest BCUT2D eigenvalue weighted by molar-refractivity contribution is 0.218. The number of nitrogens with zero attached hydrogens (tertiary/aromatic N) is 3. The monoisotopic (exact) mass is 338 g/mol. The molecule has 0 bridgehead atoms. The fraction of sp³-hybridized carbons (Fsp3) is 0.733. The zero-order chi connectivity index (χ0) is 14.8. The minimum Gasteiger partial charge on any atom is -0.299 e. The highest BCUT2D eigenvalue weighted by Crippen LogP contribution is 2.37. The number of hydrogen-bond acceptors (Lipinski definition) is 3. The van der Waals surface area contributed by atoms with Crippen LogP contribution in [0.3, 0.4) is 0 Å². The molecule has 1 fully saturated rings. The highest BCUT2D eigenvalue weighted by Gasteiger charge is 2.37. The molecule has 2 unspecified atom stereocenters. The van der Waals surface area contributed by atoms with E-state index in [1.54, 1.807) is 0 Å². The third-order valence-corrected chi connectivity index (χ3v) is 5.38. The minimum absolute atomic E-state index is 0.317. The SMILES string of the molecule is CCCNC1(C#N)CCCC(n2nc(C)c(Br)c2C)C1. The molecule has 0 amide bonds. The normalized spacial score (nSPS) is 26.4. The highest BCUT2D eigenvalue weighted by atomic mass is 79.9. The maximum atomic E-state index is 9.61. The Morgan fingerprint density at radius 2 is 2.30 bits per heavy atom. The van der Waals surface area contributed by atoms with E-state index in [0.717, 1.165) is 54.5 Å². The third-order valence-electron chi connectivity index (χ3n) is 4.23. The first-order valence-corrected chi connectivity index (χ1v) is 8.20. The van der Waals surface area contributed by atoms with E-state index in [2.05, 4.69) is 50.9 Å². The number of rotatable bonds is 4. The zero-order valence-corrected chi connectivity index (χ0v) is 14.1. The second kappa shape index (κ2) is 6.28. The molecule has 4 nitrogen and oxygen atoms in total. The molecule has 0 aromatic carbocycles. The Labute approximate surface area is 129 Å². The molecular formula is C15H23BrN4. The second-order valence-electron chi connectivity index (χ2n) is 5.80. The van der Waals surface area contributed by atoms with Crippen LogP contribution in [-0.2, 0) is 0 Å². The lowest BCUT2D eigenvalue weighted by atomic mass is 9.80. The maximum absolute atomic E-state index is 9.61. The van der Waals surface area contributed by atoms with Crippen molar-refractivity contribution in [2.45, 2.75) is 64.5 Å². The van der Waals surface area contributed by atoms with Crippen LogP contribution in [0.15, 0.2) is 4.47 Å². The Kier molecular flexibility index (Phi) is 4.87. The van der Waals surface area contributed by atoms with Gasteiger partial charge in [0.2, 0.25) is 0 Å². The van der Waals surface area contributed by atoms with Crippen molar-refractivity contribution >= 4 is 15.9 Å². The fourth-order valence-corrected chi connectivity index (χ4v) is 3.38. The highest BCUT2D eigenvalue weighted by molar-refractivity contribution is 9.10. The third kappa shape index (κ3) is 2.91. The van der Waals surface area contributed by atoms with Crippen LogP contribution in [0, 0.1) is 25.2 Å². The van der Waals surface area contributed by atoms with Gasteiger partial charge in [-0.25, -0.2) is 0 Å². The largest absolute Gasteiger partial charge is 0.299 e. The predicted molar refractivity (Wildman–Crippen MR) is 83.5 cm³/mol. The first-order chi connectivity index (χ1) is 9.53. The lowest BCUT2D eigenvalue weighted by Gasteiger charge is -2.37. The Morgan fingerprint density at radius 3 is 2.85 bits per heavy atom. The average Bonchev–Trinajstić information content (AvgIpc) is 2.73. The molecule has 1 aromatic rings. The Morgan fingerprint density at radius 1 is 1.55 bits per heavy atom. The van der Waals surface area contributed by atoms with E-state index in [9.17, 15) is 5.26 Å². The topological polar surface area (TPSA) is 53.6 Å². The van der Waals surface area contributed by atoms with Crippen molar-refractivity contribution in [1.82, 2.24) is 15.1 Å². The standard InChI is InChI=1S/C15H23BrN4/c1-4-8-18-15(10-17)7-5-6-13(9-15)20-12(3)14(16)11(2)19-20/h13,18H,4-9H2,1-3H3. The van der Waals surface area contributed by atoms with Crippen LogP contribution in [0.5, 0.6) is 0 Å². The summed E-state index contributed by atoms with van der Waals surface area (Å²) in [5, 5.41) is 17.7. The number of aryl methyl sites for hydroxylation is 1. The van der Waals surface area contributed by atoms with E-state index in [1.165, 1.54) is 0 Å². The van der Waals surface area contributed by atoms with Crippen LogP contribution in [0.2, 0.25) is 0 Å². The van der Waals surface area contributed by atoms with Crippen molar-refractivity contribution in [3.63, 3.8) is 0 Å². The van der Waals surface area contributed by atoms with Crippen LogP contribution in [0.4, 0.5) is 0 Å². The van der Waals surface area contributed by atoms with Gasteiger partial charge in [-0.2, -0.15) is 10.4 Å². The molecule has 1 N–H and O–H groups in total. The molecule has 0 radical (unpaired) electrons. The summed E-state index contributed by atoms with van der Waals surface area (Å²) in [5.41, 5.74) is 1.81. The number of hydrogen-bond donors (Lipinski definition) is 1. The van der Waals surface area contributed by atoms with Gasteiger partial charge < -0.3 is 0 Å². The summed E-state index contributed by atoms with van der Waals surface area (Å²) in [4.78, 5) is 0. The maximum Gasteiger partial charge on any atom is 0.108 e. The summed E-state index contributed by atoms with van der Waals surface area (Å²) in [6, 6.07) is 2.85. The molecule has 1 saturated carbocycles. The van der Waals surface area contributed by atoms with Gasteiger partial charge in [0.25, 0.3) is 0 Å². The van der Waals surface area contributed by atoms with Crippen molar-refractivity contribution in [3.05, 3.63) is 15.9 Å². The summed E-state index contributed by atoms with van der Waals surface area (Å²) in [6.07, 6.45) is 5.02. The molecule has 2 atom stereocenters. The Balaban J connectivity index is 2.21. The number of nitrogens with one attached hydrogen (secondary N) is 1. The zero-order valence-electron chi connectivity index (χ0n) is 12.5. The van der Waals surface area contributed by atoms with Gasteiger partial charge in [-0.05, 0) is 62.0 Å². The van der Waals surface area contributed by atoms with Crippen LogP contribution < -0.4 is 5.32 Å². The van der Waals surface area contributed by atoms with Gasteiger partial charge >= 0.3 is 0 Å². The second-order valence-corrected chi connectivity index (χ2v) is 6.59. The van der Waals surface area contributed by atoms with Crippen LogP contribution in [-0.4, -0.2) is 21.9 Å². The van der Waals surface area contributed by atoms with E-state index in [-0.39, 0.29) is 5.54 Å². The summed E-state index contributed by atoms with van der Waals surface area (Å²) in [6.45, 7) is 7.15. The molecule has 1 aliphatic carbocycles. The number of aromatic nitrogens is 2. The van der Waals surface area contributed by atoms with Gasteiger partial charge in [-0.3, -0.25) is 10.00 Å². The molecule has 5 heteroatoms. The van der Waals surface area contributed by atoms with Crippen LogP contribution >= 0.6 is 15.9 Å². The lowest BCUT2D eigenvalue weighted by Crippen LogP contribution is -2.48. The molecule has 0 saturated heterocycles. The van der Waals surface area contributed by atoms with Gasteiger partial charge in [-0.1, -0.05) is 6.92 Å². The molecule has 1 heterocycles. The van der Waals surface area contributed by atoms with E-state index in [0.29, 0.717) is 6.04 Å². The van der Waals surface area contributed by atoms with Crippen molar-refractivity contribution in [3.8, 4) is 6.07 Å². The van der Waals surface area contributed by atoms with Crippen molar-refractivity contribution in [1.29, 1.82) is 5.26 Å². The smallest absolute Gasteiger partial charge is 0.108 e. The molecule has 1 aromatic heterocycles. The van der Waals surface area contributed by atoms with Crippen molar-refractivity contribution < 1.29 is 0 Å². The summed E-state index contributed by atoms with van der Waals surface area (Å²) in [7, 11) is 0. The summed E-state index contributed by atoms with van der Waals surface area (Å²) < 4.78 is 3.20. The first kappa shape index (κ1) is 15.5. The predicted octanol–water partition coefficient (Wildman–Crippen LogP) is 3.64. The first-order valence-electron chi connectivity index (χ1n) is 7.40. The van der Waals surface area contributed by atoms with Gasteiger partial charge in [0.15, 0.2) is 0 Å². The summed E-state index contributed by atoms with van der Waals surface area (Å²) in [5.74, 6) is 0. The van der Waals surface area contributed by atoms with E-state index in [4.69, 9.17) is 0 Å². The number of nitriles is 1. The average molecular weight is 339 g/mol. The minimum atomic E-state index is -0.377. The van der Waals surface area contributed by atoms with Gasteiger partial charge in [0.05, 0.1) is 28.0 Å². The fourth-order valence-electron chi connectivity index (χ4n) is 3.12. The summed E-state index contributed by atoms with van der Waals surface area (Å²) >= 11 is 3.59. The number of halogens is 1.